The molecule has 1 aromatic heterocycles. The van der Waals surface area contributed by atoms with Gasteiger partial charge in [0.05, 0.1) is 23.7 Å². The van der Waals surface area contributed by atoms with Gasteiger partial charge in [0.25, 0.3) is 0 Å². The number of carbonyl (C=O) groups is 1. The molecule has 0 saturated carbocycles. The van der Waals surface area contributed by atoms with Crippen molar-refractivity contribution in [3.63, 3.8) is 0 Å². The van der Waals surface area contributed by atoms with Gasteiger partial charge in [-0.1, -0.05) is 18.1 Å². The van der Waals surface area contributed by atoms with Crippen molar-refractivity contribution in [3.8, 4) is 11.8 Å². The topological polar surface area (TPSA) is 68.9 Å². The zero-order chi connectivity index (χ0) is 11.4. The molecule has 0 radical (unpaired) electrons. The number of hydrogen-bond donors (Lipinski definition) is 1. The van der Waals surface area contributed by atoms with Gasteiger partial charge in [0.2, 0.25) is 5.91 Å². The second kappa shape index (κ2) is 4.41. The molecular weight excluding hydrogens is 202 g/mol. The minimum absolute atomic E-state index is 0.0362. The van der Waals surface area contributed by atoms with Crippen molar-refractivity contribution in [2.24, 2.45) is 5.73 Å². The molecule has 2 aromatic rings. The third-order valence-corrected chi connectivity index (χ3v) is 1.93. The van der Waals surface area contributed by atoms with Gasteiger partial charge in [-0.15, -0.1) is 0 Å². The predicted octanol–water partition coefficient (Wildman–Crippen LogP) is 0.857. The number of rotatable bonds is 1. The maximum Gasteiger partial charge on any atom is 0.229 e. The summed E-state index contributed by atoms with van der Waals surface area (Å²) in [7, 11) is 0. The first-order valence-corrected chi connectivity index (χ1v) is 4.74. The summed E-state index contributed by atoms with van der Waals surface area (Å²) in [5.41, 5.74) is 7.12. The number of nitrogens with zero attached hydrogens (tertiary/aromatic N) is 2. The molecule has 2 rings (SSSR count). The van der Waals surface area contributed by atoms with Crippen molar-refractivity contribution in [3.05, 3.63) is 36.2 Å². The van der Waals surface area contributed by atoms with Crippen LogP contribution in [0.15, 0.2) is 30.5 Å². The van der Waals surface area contributed by atoms with E-state index >= 15 is 0 Å². The fraction of sp³-hybridized carbons (Fsp3) is 0.0833. The lowest BCUT2D eigenvalue weighted by atomic mass is 10.3. The molecule has 0 aliphatic heterocycles. The SMILES string of the molecule is NC(=O)CC#Cc1cnc2ccccc2n1. The molecule has 16 heavy (non-hydrogen) atoms. The molecule has 0 fully saturated rings. The molecule has 0 aliphatic carbocycles. The van der Waals surface area contributed by atoms with Gasteiger partial charge in [-0.2, -0.15) is 0 Å². The molecule has 0 bridgehead atoms. The van der Waals surface area contributed by atoms with Gasteiger partial charge in [0.15, 0.2) is 0 Å². The van der Waals surface area contributed by atoms with E-state index in [9.17, 15) is 4.79 Å². The van der Waals surface area contributed by atoms with E-state index in [1.807, 2.05) is 24.3 Å². The lowest BCUT2D eigenvalue weighted by molar-refractivity contribution is -0.117. The summed E-state index contributed by atoms with van der Waals surface area (Å²) in [6.45, 7) is 0. The number of aromatic nitrogens is 2. The van der Waals surface area contributed by atoms with E-state index in [1.54, 1.807) is 6.20 Å². The van der Waals surface area contributed by atoms with Crippen LogP contribution in [0.2, 0.25) is 0 Å². The van der Waals surface area contributed by atoms with Gasteiger partial charge in [0, 0.05) is 0 Å². The van der Waals surface area contributed by atoms with Crippen LogP contribution < -0.4 is 5.73 Å². The first-order valence-electron chi connectivity index (χ1n) is 4.74. The van der Waals surface area contributed by atoms with Crippen LogP contribution in [0.4, 0.5) is 0 Å². The highest BCUT2D eigenvalue weighted by molar-refractivity contribution is 5.77. The van der Waals surface area contributed by atoms with Gasteiger partial charge in [-0.3, -0.25) is 9.78 Å². The minimum Gasteiger partial charge on any atom is -0.369 e. The molecule has 1 aromatic carbocycles. The highest BCUT2D eigenvalue weighted by atomic mass is 16.1. The summed E-state index contributed by atoms with van der Waals surface area (Å²) >= 11 is 0. The van der Waals surface area contributed by atoms with E-state index in [0.29, 0.717) is 5.69 Å². The first-order chi connectivity index (χ1) is 7.75. The summed E-state index contributed by atoms with van der Waals surface area (Å²) in [5.74, 6) is 4.94. The van der Waals surface area contributed by atoms with Gasteiger partial charge >= 0.3 is 0 Å². The fourth-order valence-corrected chi connectivity index (χ4v) is 1.24. The van der Waals surface area contributed by atoms with E-state index in [0.717, 1.165) is 11.0 Å². The molecule has 1 amide bonds. The van der Waals surface area contributed by atoms with Crippen LogP contribution >= 0.6 is 0 Å². The van der Waals surface area contributed by atoms with Crippen LogP contribution in [-0.4, -0.2) is 15.9 Å². The monoisotopic (exact) mass is 211 g/mol. The van der Waals surface area contributed by atoms with Gasteiger partial charge in [-0.05, 0) is 18.1 Å². The van der Waals surface area contributed by atoms with Crippen LogP contribution in [0.1, 0.15) is 12.1 Å². The van der Waals surface area contributed by atoms with Crippen LogP contribution in [0, 0.1) is 11.8 Å². The van der Waals surface area contributed by atoms with Crippen LogP contribution in [0.3, 0.4) is 0 Å². The van der Waals surface area contributed by atoms with Gasteiger partial charge in [-0.25, -0.2) is 4.98 Å². The Hall–Kier alpha value is -2.41. The fourth-order valence-electron chi connectivity index (χ4n) is 1.24. The number of primary amides is 1. The van der Waals surface area contributed by atoms with Crippen molar-refractivity contribution >= 4 is 16.9 Å². The first kappa shape index (κ1) is 10.1. The highest BCUT2D eigenvalue weighted by Gasteiger charge is 1.95. The molecule has 1 heterocycles. The molecule has 2 N–H and O–H groups in total. The zero-order valence-corrected chi connectivity index (χ0v) is 8.47. The summed E-state index contributed by atoms with van der Waals surface area (Å²) in [4.78, 5) is 19.0. The third-order valence-electron chi connectivity index (χ3n) is 1.93. The van der Waals surface area contributed by atoms with Crippen LogP contribution in [0.5, 0.6) is 0 Å². The molecule has 4 heteroatoms. The predicted molar refractivity (Wildman–Crippen MR) is 60.2 cm³/mol. The van der Waals surface area contributed by atoms with Crippen molar-refractivity contribution in [1.29, 1.82) is 0 Å². The quantitative estimate of drug-likeness (QED) is 0.711. The summed E-state index contributed by atoms with van der Waals surface area (Å²) in [6.07, 6.45) is 1.62. The number of carbonyl (C=O) groups excluding carboxylic acids is 1. The van der Waals surface area contributed by atoms with E-state index < -0.39 is 5.91 Å². The number of fused-ring (bicyclic) bond motifs is 1. The van der Waals surface area contributed by atoms with Crippen LogP contribution in [-0.2, 0) is 4.79 Å². The Balaban J connectivity index is 2.31. The summed E-state index contributed by atoms with van der Waals surface area (Å²) in [5, 5.41) is 0. The molecule has 78 valence electrons. The Bertz CT molecular complexity index is 596. The highest BCUT2D eigenvalue weighted by Crippen LogP contribution is 2.07. The Labute approximate surface area is 92.5 Å². The number of amides is 1. The molecule has 0 atom stereocenters. The Morgan fingerprint density at radius 3 is 2.81 bits per heavy atom. The Morgan fingerprint density at radius 2 is 2.06 bits per heavy atom. The van der Waals surface area contributed by atoms with Crippen molar-refractivity contribution in [1.82, 2.24) is 9.97 Å². The molecule has 0 spiro atoms. The number of nitrogens with two attached hydrogens (primary N) is 1. The standard InChI is InChI=1S/C12H9N3O/c13-12(16)7-3-4-9-8-14-10-5-1-2-6-11(10)15-9/h1-2,5-6,8H,7H2,(H2,13,16). The van der Waals surface area contributed by atoms with Crippen molar-refractivity contribution < 1.29 is 4.79 Å². The maximum absolute atomic E-state index is 10.5. The second-order valence-corrected chi connectivity index (χ2v) is 3.19. The number of hydrogen-bond acceptors (Lipinski definition) is 3. The summed E-state index contributed by atoms with van der Waals surface area (Å²) < 4.78 is 0. The maximum atomic E-state index is 10.5. The minimum atomic E-state index is -0.443. The molecule has 0 aliphatic rings. The number of benzene rings is 1. The average molecular weight is 211 g/mol. The second-order valence-electron chi connectivity index (χ2n) is 3.19. The third kappa shape index (κ3) is 2.34. The van der Waals surface area contributed by atoms with E-state index in [1.165, 1.54) is 0 Å². The van der Waals surface area contributed by atoms with Crippen LogP contribution in [0.25, 0.3) is 11.0 Å². The zero-order valence-electron chi connectivity index (χ0n) is 8.47. The molecule has 0 saturated heterocycles. The average Bonchev–Trinajstić information content (AvgIpc) is 2.28. The lowest BCUT2D eigenvalue weighted by Gasteiger charge is -1.95. The van der Waals surface area contributed by atoms with Gasteiger partial charge < -0.3 is 5.73 Å². The lowest BCUT2D eigenvalue weighted by Crippen LogP contribution is -2.08. The Morgan fingerprint density at radius 1 is 1.31 bits per heavy atom. The van der Waals surface area contributed by atoms with Crippen molar-refractivity contribution in [2.45, 2.75) is 6.42 Å². The normalized spacial score (nSPS) is 9.50. The smallest absolute Gasteiger partial charge is 0.229 e. The van der Waals surface area contributed by atoms with E-state index in [-0.39, 0.29) is 6.42 Å². The summed E-state index contributed by atoms with van der Waals surface area (Å²) in [6, 6.07) is 7.53. The van der Waals surface area contributed by atoms with Gasteiger partial charge in [0.1, 0.15) is 5.69 Å². The van der Waals surface area contributed by atoms with E-state index in [2.05, 4.69) is 21.8 Å². The Kier molecular flexibility index (Phi) is 2.79. The number of para-hydroxylation sites is 2. The van der Waals surface area contributed by atoms with Crippen molar-refractivity contribution in [2.75, 3.05) is 0 Å². The largest absolute Gasteiger partial charge is 0.369 e. The molecular formula is C12H9N3O. The molecule has 0 unspecified atom stereocenters. The molecule has 4 nitrogen and oxygen atoms in total. The van der Waals surface area contributed by atoms with E-state index in [4.69, 9.17) is 5.73 Å².